The fourth-order valence-electron chi connectivity index (χ4n) is 2.62. The van der Waals surface area contributed by atoms with E-state index < -0.39 is 17.1 Å². The van der Waals surface area contributed by atoms with Crippen LogP contribution in [0.25, 0.3) is 5.57 Å². The summed E-state index contributed by atoms with van der Waals surface area (Å²) in [6.07, 6.45) is 2.40. The number of ether oxygens (including phenoxy) is 2. The maximum atomic E-state index is 12.0. The normalized spacial score (nSPS) is 12.7. The van der Waals surface area contributed by atoms with E-state index in [0.29, 0.717) is 23.5 Å². The summed E-state index contributed by atoms with van der Waals surface area (Å²) >= 11 is 0. The Morgan fingerprint density at radius 2 is 1.77 bits per heavy atom. The van der Waals surface area contributed by atoms with E-state index in [2.05, 4.69) is 9.97 Å². The van der Waals surface area contributed by atoms with Crippen molar-refractivity contribution in [1.82, 2.24) is 9.97 Å². The van der Waals surface area contributed by atoms with Gasteiger partial charge in [-0.2, -0.15) is 0 Å². The first-order valence-electron chi connectivity index (χ1n) is 6.56. The summed E-state index contributed by atoms with van der Waals surface area (Å²) in [7, 11) is 3.07. The van der Waals surface area contributed by atoms with Gasteiger partial charge in [-0.1, -0.05) is 6.08 Å². The van der Waals surface area contributed by atoms with Gasteiger partial charge in [-0.15, -0.1) is 0 Å². The molecule has 1 aromatic carbocycles. The smallest absolute Gasteiger partial charge is 0.328 e. The molecule has 114 valence electrons. The zero-order valence-corrected chi connectivity index (χ0v) is 12.0. The van der Waals surface area contributed by atoms with Gasteiger partial charge in [0, 0.05) is 0 Å². The third-order valence-electron chi connectivity index (χ3n) is 3.62. The van der Waals surface area contributed by atoms with Crippen molar-refractivity contribution in [2.24, 2.45) is 0 Å². The SMILES string of the molecule is COc1cc2c(cc1OC)C(c1c(O)[nH]c(=O)[nH]c1=O)=CC2. The number of allylic oxidation sites excluding steroid dienone is 1. The molecule has 0 fully saturated rings. The van der Waals surface area contributed by atoms with E-state index in [-0.39, 0.29) is 5.56 Å². The van der Waals surface area contributed by atoms with Crippen molar-refractivity contribution in [3.8, 4) is 17.4 Å². The second-order valence-electron chi connectivity index (χ2n) is 4.82. The molecule has 0 bridgehead atoms. The molecule has 7 nitrogen and oxygen atoms in total. The van der Waals surface area contributed by atoms with Crippen molar-refractivity contribution in [3.63, 3.8) is 0 Å². The average Bonchev–Trinajstić information content (AvgIpc) is 2.87. The highest BCUT2D eigenvalue weighted by Crippen LogP contribution is 2.40. The minimum atomic E-state index is -0.752. The molecule has 0 saturated carbocycles. The van der Waals surface area contributed by atoms with Gasteiger partial charge in [-0.3, -0.25) is 14.8 Å². The van der Waals surface area contributed by atoms with Crippen LogP contribution in [0.2, 0.25) is 0 Å². The van der Waals surface area contributed by atoms with E-state index in [9.17, 15) is 14.7 Å². The van der Waals surface area contributed by atoms with Gasteiger partial charge in [0.05, 0.1) is 14.2 Å². The van der Waals surface area contributed by atoms with E-state index in [1.54, 1.807) is 13.2 Å². The lowest BCUT2D eigenvalue weighted by Crippen LogP contribution is -2.24. The van der Waals surface area contributed by atoms with Crippen LogP contribution in [0.3, 0.4) is 0 Å². The predicted octanol–water partition coefficient (Wildman–Crippen LogP) is 0.774. The summed E-state index contributed by atoms with van der Waals surface area (Å²) in [5.74, 6) is 0.660. The summed E-state index contributed by atoms with van der Waals surface area (Å²) in [5.41, 5.74) is 0.882. The number of hydrogen-bond donors (Lipinski definition) is 3. The van der Waals surface area contributed by atoms with Gasteiger partial charge in [-0.05, 0) is 35.3 Å². The van der Waals surface area contributed by atoms with Crippen molar-refractivity contribution in [3.05, 3.63) is 55.7 Å². The summed E-state index contributed by atoms with van der Waals surface area (Å²) < 4.78 is 10.5. The molecule has 2 aromatic rings. The molecule has 0 atom stereocenters. The molecule has 1 aliphatic rings. The highest BCUT2D eigenvalue weighted by molar-refractivity contribution is 5.87. The van der Waals surface area contributed by atoms with Crippen LogP contribution in [0.5, 0.6) is 17.4 Å². The zero-order valence-electron chi connectivity index (χ0n) is 12.0. The van der Waals surface area contributed by atoms with Crippen LogP contribution in [-0.4, -0.2) is 29.3 Å². The lowest BCUT2D eigenvalue weighted by Gasteiger charge is -2.12. The van der Waals surface area contributed by atoms with Gasteiger partial charge in [0.1, 0.15) is 5.56 Å². The highest BCUT2D eigenvalue weighted by Gasteiger charge is 2.24. The first kappa shape index (κ1) is 14.0. The van der Waals surface area contributed by atoms with Gasteiger partial charge in [0.2, 0.25) is 5.88 Å². The van der Waals surface area contributed by atoms with Crippen molar-refractivity contribution in [2.75, 3.05) is 14.2 Å². The first-order valence-corrected chi connectivity index (χ1v) is 6.56. The Balaban J connectivity index is 2.20. The Morgan fingerprint density at radius 1 is 1.09 bits per heavy atom. The second-order valence-corrected chi connectivity index (χ2v) is 4.82. The maximum absolute atomic E-state index is 12.0. The molecular formula is C15H14N2O5. The fraction of sp³-hybridized carbons (Fsp3) is 0.200. The molecule has 0 aliphatic heterocycles. The molecule has 3 N–H and O–H groups in total. The Hall–Kier alpha value is -2.96. The predicted molar refractivity (Wildman–Crippen MR) is 79.7 cm³/mol. The van der Waals surface area contributed by atoms with Gasteiger partial charge < -0.3 is 14.6 Å². The van der Waals surface area contributed by atoms with Crippen LogP contribution >= 0.6 is 0 Å². The van der Waals surface area contributed by atoms with Gasteiger partial charge in [0.25, 0.3) is 5.56 Å². The number of hydrogen-bond acceptors (Lipinski definition) is 5. The number of H-pyrrole nitrogens is 2. The van der Waals surface area contributed by atoms with Crippen molar-refractivity contribution in [1.29, 1.82) is 0 Å². The molecule has 0 saturated heterocycles. The molecule has 0 unspecified atom stereocenters. The second kappa shape index (κ2) is 5.10. The minimum Gasteiger partial charge on any atom is -0.494 e. The molecule has 22 heavy (non-hydrogen) atoms. The Bertz CT molecular complexity index is 892. The average molecular weight is 302 g/mol. The maximum Gasteiger partial charge on any atom is 0.328 e. The third kappa shape index (κ3) is 2.07. The molecule has 3 rings (SSSR count). The standard InChI is InChI=1S/C15H14N2O5/c1-21-10-5-7-3-4-8(9(7)6-11(10)22-2)12-13(18)16-15(20)17-14(12)19/h4-6H,3H2,1-2H3,(H3,16,17,18,19,20). The molecule has 0 spiro atoms. The summed E-state index contributed by atoms with van der Waals surface area (Å²) in [6.45, 7) is 0. The van der Waals surface area contributed by atoms with Gasteiger partial charge >= 0.3 is 5.69 Å². The van der Waals surface area contributed by atoms with Gasteiger partial charge in [0.15, 0.2) is 11.5 Å². The number of aromatic amines is 2. The fourth-order valence-corrected chi connectivity index (χ4v) is 2.62. The monoisotopic (exact) mass is 302 g/mol. The molecule has 1 heterocycles. The van der Waals surface area contributed by atoms with Crippen LogP contribution in [0.1, 0.15) is 16.7 Å². The Morgan fingerprint density at radius 3 is 2.41 bits per heavy atom. The summed E-state index contributed by atoms with van der Waals surface area (Å²) in [6, 6.07) is 3.57. The van der Waals surface area contributed by atoms with Crippen LogP contribution < -0.4 is 20.7 Å². The lowest BCUT2D eigenvalue weighted by atomic mass is 10.00. The largest absolute Gasteiger partial charge is 0.494 e. The van der Waals surface area contributed by atoms with Crippen molar-refractivity contribution in [2.45, 2.75) is 6.42 Å². The summed E-state index contributed by atoms with van der Waals surface area (Å²) in [4.78, 5) is 27.5. The zero-order chi connectivity index (χ0) is 15.9. The quantitative estimate of drug-likeness (QED) is 0.777. The lowest BCUT2D eigenvalue weighted by molar-refractivity contribution is 0.354. The van der Waals surface area contributed by atoms with Crippen LogP contribution in [0.15, 0.2) is 27.8 Å². The topological polar surface area (TPSA) is 104 Å². The number of methoxy groups -OCH3 is 2. The highest BCUT2D eigenvalue weighted by atomic mass is 16.5. The minimum absolute atomic E-state index is 0.0329. The molecule has 1 aromatic heterocycles. The van der Waals surface area contributed by atoms with E-state index in [1.165, 1.54) is 7.11 Å². The number of nitrogens with one attached hydrogen (secondary N) is 2. The summed E-state index contributed by atoms with van der Waals surface area (Å²) in [5, 5.41) is 9.91. The molecular weight excluding hydrogens is 288 g/mol. The number of aromatic hydroxyl groups is 1. The Labute approximate surface area is 124 Å². The van der Waals surface area contributed by atoms with E-state index in [0.717, 1.165) is 11.1 Å². The molecule has 1 aliphatic carbocycles. The van der Waals surface area contributed by atoms with Crippen LogP contribution in [0, 0.1) is 0 Å². The first-order chi connectivity index (χ1) is 10.5. The molecule has 0 radical (unpaired) electrons. The van der Waals surface area contributed by atoms with E-state index in [4.69, 9.17) is 9.47 Å². The third-order valence-corrected chi connectivity index (χ3v) is 3.62. The van der Waals surface area contributed by atoms with Crippen molar-refractivity contribution >= 4 is 5.57 Å². The van der Waals surface area contributed by atoms with E-state index in [1.807, 2.05) is 12.1 Å². The Kier molecular flexibility index (Phi) is 3.25. The van der Waals surface area contributed by atoms with Gasteiger partial charge in [-0.25, -0.2) is 4.79 Å². The number of fused-ring (bicyclic) bond motifs is 1. The van der Waals surface area contributed by atoms with Crippen molar-refractivity contribution < 1.29 is 14.6 Å². The van der Waals surface area contributed by atoms with Crippen LogP contribution in [0.4, 0.5) is 0 Å². The van der Waals surface area contributed by atoms with Crippen LogP contribution in [-0.2, 0) is 6.42 Å². The number of aromatic nitrogens is 2. The molecule has 0 amide bonds. The number of rotatable bonds is 3. The van der Waals surface area contributed by atoms with E-state index >= 15 is 0 Å². The molecule has 7 heteroatoms. The number of benzene rings is 1.